The maximum Gasteiger partial charge on any atom is 0.160 e. The fourth-order valence-electron chi connectivity index (χ4n) is 12.3. The Bertz CT molecular complexity index is 5130. The summed E-state index contributed by atoms with van der Waals surface area (Å²) < 4.78 is 4.69. The van der Waals surface area contributed by atoms with E-state index in [1.807, 2.05) is 12.1 Å². The number of hydrogen-bond donors (Lipinski definition) is 0. The van der Waals surface area contributed by atoms with Gasteiger partial charge in [-0.1, -0.05) is 181 Å². The first-order valence-corrected chi connectivity index (χ1v) is 28.6. The molecule has 17 rings (SSSR count). The summed E-state index contributed by atoms with van der Waals surface area (Å²) in [5.41, 5.74) is 16.2. The van der Waals surface area contributed by atoms with Crippen molar-refractivity contribution in [3.8, 4) is 77.8 Å². The molecule has 0 N–H and O–H groups in total. The van der Waals surface area contributed by atoms with E-state index in [0.717, 1.165) is 121 Å². The first kappa shape index (κ1) is 46.9. The molecule has 386 valence electrons. The minimum atomic E-state index is 0.685. The first-order chi connectivity index (χ1) is 41.1. The average molecular weight is 1080 g/mol. The Balaban J connectivity index is 0.709. The van der Waals surface area contributed by atoms with E-state index in [1.165, 1.54) is 32.3 Å². The van der Waals surface area contributed by atoms with Gasteiger partial charge in [-0.25, -0.2) is 19.9 Å². The Kier molecular flexibility index (Phi) is 10.6. The largest absolute Gasteiger partial charge is 0.309 e. The second-order valence-electron chi connectivity index (χ2n) is 21.1. The van der Waals surface area contributed by atoms with Crippen molar-refractivity contribution >= 4 is 98.3 Å². The van der Waals surface area contributed by atoms with Gasteiger partial charge in [-0.2, -0.15) is 0 Å². The van der Waals surface area contributed by atoms with Crippen molar-refractivity contribution in [2.24, 2.45) is 0 Å². The highest BCUT2D eigenvalue weighted by atomic mass is 32.1. The topological polar surface area (TPSA) is 87.2 Å². The number of fused-ring (bicyclic) bond motifs is 10. The van der Waals surface area contributed by atoms with Crippen molar-refractivity contribution in [3.05, 3.63) is 267 Å². The van der Waals surface area contributed by atoms with Crippen LogP contribution in [0.4, 0.5) is 0 Å². The molecular formula is C74H44N8S. The van der Waals surface area contributed by atoms with E-state index in [4.69, 9.17) is 30.1 Å². The molecule has 0 fully saturated rings. The molecule has 0 radical (unpaired) electrons. The summed E-state index contributed by atoms with van der Waals surface area (Å²) in [5.74, 6) is 1.37. The van der Waals surface area contributed by atoms with Crippen LogP contribution in [0, 0.1) is 0 Å². The Hall–Kier alpha value is -11.0. The molecule has 0 saturated heterocycles. The van der Waals surface area contributed by atoms with E-state index in [-0.39, 0.29) is 0 Å². The third-order valence-corrected chi connectivity index (χ3v) is 17.3. The third kappa shape index (κ3) is 7.81. The quantitative estimate of drug-likeness (QED) is 0.151. The second-order valence-corrected chi connectivity index (χ2v) is 22.1. The fourth-order valence-corrected chi connectivity index (χ4v) is 13.1. The number of benzene rings is 12. The van der Waals surface area contributed by atoms with Crippen molar-refractivity contribution < 1.29 is 0 Å². The summed E-state index contributed by atoms with van der Waals surface area (Å²) in [6.45, 7) is 0. The van der Waals surface area contributed by atoms with Gasteiger partial charge < -0.3 is 9.13 Å². The van der Waals surface area contributed by atoms with Crippen molar-refractivity contribution in [2.45, 2.75) is 0 Å². The molecule has 0 atom stereocenters. The van der Waals surface area contributed by atoms with Crippen molar-refractivity contribution in [3.63, 3.8) is 0 Å². The van der Waals surface area contributed by atoms with Crippen LogP contribution in [0.1, 0.15) is 0 Å². The molecule has 0 unspecified atom stereocenters. The van der Waals surface area contributed by atoms with E-state index < -0.39 is 0 Å². The van der Waals surface area contributed by atoms with Crippen LogP contribution >= 0.6 is 11.3 Å². The van der Waals surface area contributed by atoms with Crippen LogP contribution < -0.4 is 0 Å². The lowest BCUT2D eigenvalue weighted by molar-refractivity contribution is 1.10. The second kappa shape index (κ2) is 18.8. The van der Waals surface area contributed by atoms with Crippen LogP contribution in [0.15, 0.2) is 267 Å². The number of para-hydroxylation sites is 4. The average Bonchev–Trinajstić information content (AvgIpc) is 4.46. The molecule has 5 heterocycles. The predicted molar refractivity (Wildman–Crippen MR) is 342 cm³/mol. The van der Waals surface area contributed by atoms with E-state index in [0.29, 0.717) is 11.6 Å². The molecule has 0 aliphatic carbocycles. The SMILES string of the molecule is c1ccc2cc(-c3nc(-c4ccc(-n5c6ccccc6c6ccc(-c7nnc(-c8ccc9c%10ccccc%10n(-c%10ccc(-c%11nc(-c%12ccc%13ccccc%13c%12)c%12ccccc%12n%11)cc%10)c9c8)s7)cc65)cc4)nc4ccccc34)ccc2c1. The Morgan fingerprint density at radius 2 is 0.614 bits per heavy atom. The molecule has 17 aromatic rings. The zero-order valence-corrected chi connectivity index (χ0v) is 45.2. The molecule has 5 aromatic heterocycles. The summed E-state index contributed by atoms with van der Waals surface area (Å²) >= 11 is 1.61. The van der Waals surface area contributed by atoms with Gasteiger partial charge in [0.15, 0.2) is 11.6 Å². The zero-order valence-electron chi connectivity index (χ0n) is 44.4. The lowest BCUT2D eigenvalue weighted by Gasteiger charge is -2.12. The highest BCUT2D eigenvalue weighted by Gasteiger charge is 2.20. The lowest BCUT2D eigenvalue weighted by atomic mass is 10.0. The smallest absolute Gasteiger partial charge is 0.160 e. The molecule has 83 heavy (non-hydrogen) atoms. The summed E-state index contributed by atoms with van der Waals surface area (Å²) in [5, 5.41) is 22.9. The van der Waals surface area contributed by atoms with Crippen molar-refractivity contribution in [2.75, 3.05) is 0 Å². The van der Waals surface area contributed by atoms with Crippen LogP contribution in [0.2, 0.25) is 0 Å². The van der Waals surface area contributed by atoms with E-state index in [1.54, 1.807) is 11.3 Å². The molecular weight excluding hydrogens is 1030 g/mol. The molecule has 0 aliphatic rings. The Morgan fingerprint density at radius 1 is 0.253 bits per heavy atom. The maximum absolute atomic E-state index is 5.25. The minimum Gasteiger partial charge on any atom is -0.309 e. The molecule has 0 aliphatic heterocycles. The molecule has 0 spiro atoms. The van der Waals surface area contributed by atoms with Crippen LogP contribution in [-0.4, -0.2) is 39.3 Å². The first-order valence-electron chi connectivity index (χ1n) is 27.7. The Morgan fingerprint density at radius 3 is 1.07 bits per heavy atom. The molecule has 8 nitrogen and oxygen atoms in total. The molecule has 9 heteroatoms. The van der Waals surface area contributed by atoms with Gasteiger partial charge in [0, 0.05) is 77.1 Å². The van der Waals surface area contributed by atoms with Gasteiger partial charge in [-0.15, -0.1) is 10.2 Å². The third-order valence-electron chi connectivity index (χ3n) is 16.3. The lowest BCUT2D eigenvalue weighted by Crippen LogP contribution is -1.97. The minimum absolute atomic E-state index is 0.685. The highest BCUT2D eigenvalue weighted by Crippen LogP contribution is 2.41. The van der Waals surface area contributed by atoms with Crippen LogP contribution in [-0.2, 0) is 0 Å². The number of nitrogens with zero attached hydrogens (tertiary/aromatic N) is 8. The van der Waals surface area contributed by atoms with E-state index in [2.05, 4.69) is 264 Å². The predicted octanol–water partition coefficient (Wildman–Crippen LogP) is 18.9. The van der Waals surface area contributed by atoms with Gasteiger partial charge in [-0.05, 0) is 119 Å². The van der Waals surface area contributed by atoms with Gasteiger partial charge in [0.2, 0.25) is 0 Å². The van der Waals surface area contributed by atoms with Crippen LogP contribution in [0.3, 0.4) is 0 Å². The number of hydrogen-bond acceptors (Lipinski definition) is 7. The summed E-state index contributed by atoms with van der Waals surface area (Å²) in [4.78, 5) is 20.7. The summed E-state index contributed by atoms with van der Waals surface area (Å²) in [7, 11) is 0. The van der Waals surface area contributed by atoms with E-state index in [9.17, 15) is 0 Å². The standard InChI is InChI=1S/C74H44N8S/c1-3-15-49-41-51(27-25-45(49)13-1)69-61-19-5-9-21-63(61)75-71(77-69)47-29-35-55(36-30-47)81-65-23-11-7-17-57(65)59-39-33-53(43-67(59)81)73-79-80-74(83-73)54-34-40-60-58-18-8-12-24-66(58)82(68(60)44-54)56-37-31-48(32-38-56)72-76-64-22-10-6-20-62(64)70(78-72)52-28-26-46-14-2-4-16-50(46)42-52/h1-44H. The molecule has 0 amide bonds. The van der Waals surface area contributed by atoms with Gasteiger partial charge >= 0.3 is 0 Å². The maximum atomic E-state index is 5.25. The summed E-state index contributed by atoms with van der Waals surface area (Å²) in [6, 6.07) is 94.4. The van der Waals surface area contributed by atoms with E-state index >= 15 is 0 Å². The van der Waals surface area contributed by atoms with Gasteiger partial charge in [-0.3, -0.25) is 0 Å². The Labute approximate surface area is 479 Å². The van der Waals surface area contributed by atoms with Crippen LogP contribution in [0.5, 0.6) is 0 Å². The zero-order chi connectivity index (χ0) is 54.5. The van der Waals surface area contributed by atoms with Crippen molar-refractivity contribution in [1.29, 1.82) is 0 Å². The number of aromatic nitrogens is 8. The number of rotatable bonds is 8. The van der Waals surface area contributed by atoms with Gasteiger partial charge in [0.05, 0.1) is 44.5 Å². The highest BCUT2D eigenvalue weighted by molar-refractivity contribution is 7.18. The summed E-state index contributed by atoms with van der Waals surface area (Å²) in [6.07, 6.45) is 0. The van der Waals surface area contributed by atoms with Crippen LogP contribution in [0.25, 0.3) is 165 Å². The molecule has 0 saturated carbocycles. The van der Waals surface area contributed by atoms with Crippen molar-refractivity contribution in [1.82, 2.24) is 39.3 Å². The normalized spacial score (nSPS) is 11.9. The molecule has 0 bridgehead atoms. The van der Waals surface area contributed by atoms with Gasteiger partial charge in [0.25, 0.3) is 0 Å². The molecule has 12 aromatic carbocycles. The van der Waals surface area contributed by atoms with Gasteiger partial charge in [0.1, 0.15) is 10.0 Å². The monoisotopic (exact) mass is 1080 g/mol. The fraction of sp³-hybridized carbons (Fsp3) is 0.